The molecule has 0 unspecified atom stereocenters. The molecule has 0 spiro atoms. The zero-order valence-corrected chi connectivity index (χ0v) is 16.4. The molecule has 0 N–H and O–H groups in total. The van der Waals surface area contributed by atoms with Gasteiger partial charge in [0, 0.05) is 42.8 Å². The van der Waals surface area contributed by atoms with Crippen molar-refractivity contribution in [1.82, 2.24) is 9.91 Å². The average molecular weight is 402 g/mol. The van der Waals surface area contributed by atoms with E-state index in [4.69, 9.17) is 4.74 Å². The number of halogens is 1. The van der Waals surface area contributed by atoms with Crippen molar-refractivity contribution in [3.63, 3.8) is 0 Å². The molecule has 132 valence electrons. The highest BCUT2D eigenvalue weighted by Gasteiger charge is 2.15. The molecule has 0 aliphatic carbocycles. The highest BCUT2D eigenvalue weighted by atomic mass is 79.9. The second-order valence-corrected chi connectivity index (χ2v) is 7.26. The highest BCUT2D eigenvalue weighted by molar-refractivity contribution is 9.10. The van der Waals surface area contributed by atoms with Gasteiger partial charge in [0.1, 0.15) is 5.75 Å². The summed E-state index contributed by atoms with van der Waals surface area (Å²) in [5.74, 6) is 0.838. The molecule has 2 aromatic carbocycles. The summed E-state index contributed by atoms with van der Waals surface area (Å²) in [6.07, 6.45) is 1.89. The lowest BCUT2D eigenvalue weighted by atomic mass is 10.1. The van der Waals surface area contributed by atoms with Gasteiger partial charge >= 0.3 is 0 Å². The molecule has 2 aromatic rings. The van der Waals surface area contributed by atoms with E-state index in [1.165, 1.54) is 11.1 Å². The van der Waals surface area contributed by atoms with E-state index in [-0.39, 0.29) is 0 Å². The van der Waals surface area contributed by atoms with E-state index >= 15 is 0 Å². The first-order chi connectivity index (χ1) is 12.1. The Morgan fingerprint density at radius 1 is 1.08 bits per heavy atom. The molecule has 1 aliphatic rings. The van der Waals surface area contributed by atoms with E-state index in [1.807, 2.05) is 24.4 Å². The third kappa shape index (κ3) is 5.06. The van der Waals surface area contributed by atoms with Crippen LogP contribution < -0.4 is 4.74 Å². The first-order valence-corrected chi connectivity index (χ1v) is 9.34. The predicted molar refractivity (Wildman–Crippen MR) is 106 cm³/mol. The molecule has 0 saturated carbocycles. The monoisotopic (exact) mass is 401 g/mol. The minimum absolute atomic E-state index is 0.838. The molecular formula is C20H24BrN3O. The minimum atomic E-state index is 0.838. The number of aryl methyl sites for hydroxylation is 1. The maximum Gasteiger partial charge on any atom is 0.127 e. The van der Waals surface area contributed by atoms with Gasteiger partial charge in [0.05, 0.1) is 13.3 Å². The van der Waals surface area contributed by atoms with E-state index < -0.39 is 0 Å². The van der Waals surface area contributed by atoms with E-state index in [1.54, 1.807) is 7.11 Å². The molecule has 1 saturated heterocycles. The number of rotatable bonds is 5. The van der Waals surface area contributed by atoms with Gasteiger partial charge in [-0.15, -0.1) is 0 Å². The predicted octanol–water partition coefficient (Wildman–Crippen LogP) is 3.92. The number of methoxy groups -OCH3 is 1. The Morgan fingerprint density at radius 2 is 1.80 bits per heavy atom. The lowest BCUT2D eigenvalue weighted by Crippen LogP contribution is -2.43. The number of hydrogen-bond donors (Lipinski definition) is 0. The van der Waals surface area contributed by atoms with Gasteiger partial charge < -0.3 is 4.74 Å². The van der Waals surface area contributed by atoms with Crippen molar-refractivity contribution in [2.75, 3.05) is 33.3 Å². The maximum atomic E-state index is 5.39. The van der Waals surface area contributed by atoms with Crippen molar-refractivity contribution in [2.45, 2.75) is 13.5 Å². The van der Waals surface area contributed by atoms with Gasteiger partial charge in [-0.1, -0.05) is 45.8 Å². The SMILES string of the molecule is COc1ccc(Br)cc1/C=N\N1CCN(Cc2ccc(C)cc2)CC1. The van der Waals surface area contributed by atoms with E-state index in [2.05, 4.69) is 62.1 Å². The fourth-order valence-corrected chi connectivity index (χ4v) is 3.29. The largest absolute Gasteiger partial charge is 0.496 e. The fourth-order valence-electron chi connectivity index (χ4n) is 2.91. The van der Waals surface area contributed by atoms with E-state index in [9.17, 15) is 0 Å². The van der Waals surface area contributed by atoms with Crippen LogP contribution in [0.4, 0.5) is 0 Å². The molecule has 25 heavy (non-hydrogen) atoms. The molecule has 0 radical (unpaired) electrons. The van der Waals surface area contributed by atoms with Crippen molar-refractivity contribution in [2.24, 2.45) is 5.10 Å². The number of benzene rings is 2. The van der Waals surface area contributed by atoms with Crippen molar-refractivity contribution in [3.05, 3.63) is 63.6 Å². The number of hydrogen-bond acceptors (Lipinski definition) is 4. The number of hydrazone groups is 1. The standard InChI is InChI=1S/C20H24BrN3O/c1-16-3-5-17(6-4-16)15-23-9-11-24(12-10-23)22-14-18-13-19(21)7-8-20(18)25-2/h3-8,13-14H,9-12,15H2,1-2H3/b22-14-. The van der Waals surface area contributed by atoms with Crippen LogP contribution in [0.1, 0.15) is 16.7 Å². The quantitative estimate of drug-likeness (QED) is 0.710. The van der Waals surface area contributed by atoms with E-state index in [0.29, 0.717) is 0 Å². The highest BCUT2D eigenvalue weighted by Crippen LogP contribution is 2.21. The van der Waals surface area contributed by atoms with Crippen LogP contribution in [0, 0.1) is 6.92 Å². The van der Waals surface area contributed by atoms with Crippen LogP contribution in [-0.2, 0) is 6.54 Å². The van der Waals surface area contributed by atoms with Gasteiger partial charge in [-0.25, -0.2) is 0 Å². The molecule has 1 aliphatic heterocycles. The Bertz CT molecular complexity index is 722. The van der Waals surface area contributed by atoms with Crippen LogP contribution in [-0.4, -0.2) is 49.4 Å². The van der Waals surface area contributed by atoms with Crippen LogP contribution in [0.15, 0.2) is 52.0 Å². The Kier molecular flexibility index (Phi) is 6.10. The Labute approximate surface area is 158 Å². The van der Waals surface area contributed by atoms with E-state index in [0.717, 1.165) is 48.5 Å². The van der Waals surface area contributed by atoms with Crippen LogP contribution in [0.3, 0.4) is 0 Å². The molecule has 1 fully saturated rings. The average Bonchev–Trinajstić information content (AvgIpc) is 2.63. The van der Waals surface area contributed by atoms with Gasteiger partial charge in [0.15, 0.2) is 0 Å². The number of nitrogens with zero attached hydrogens (tertiary/aromatic N) is 3. The van der Waals surface area contributed by atoms with Gasteiger partial charge in [-0.2, -0.15) is 5.10 Å². The topological polar surface area (TPSA) is 28.1 Å². The second kappa shape index (κ2) is 8.50. The number of ether oxygens (including phenoxy) is 1. The third-order valence-electron chi connectivity index (χ3n) is 4.43. The summed E-state index contributed by atoms with van der Waals surface area (Å²) in [6.45, 7) is 7.08. The zero-order valence-electron chi connectivity index (χ0n) is 14.8. The lowest BCUT2D eigenvalue weighted by Gasteiger charge is -2.33. The van der Waals surface area contributed by atoms with Gasteiger partial charge in [-0.3, -0.25) is 9.91 Å². The summed E-state index contributed by atoms with van der Waals surface area (Å²) in [5, 5.41) is 6.77. The van der Waals surface area contributed by atoms with Crippen LogP contribution >= 0.6 is 15.9 Å². The summed E-state index contributed by atoms with van der Waals surface area (Å²) in [7, 11) is 1.68. The van der Waals surface area contributed by atoms with Crippen LogP contribution in [0.5, 0.6) is 5.75 Å². The van der Waals surface area contributed by atoms with Gasteiger partial charge in [-0.05, 0) is 30.7 Å². The maximum absolute atomic E-state index is 5.39. The molecular weight excluding hydrogens is 378 g/mol. The Balaban J connectivity index is 1.54. The molecule has 4 nitrogen and oxygen atoms in total. The summed E-state index contributed by atoms with van der Waals surface area (Å²) in [5.41, 5.74) is 3.67. The Hall–Kier alpha value is -1.85. The van der Waals surface area contributed by atoms with Gasteiger partial charge in [0.2, 0.25) is 0 Å². The lowest BCUT2D eigenvalue weighted by molar-refractivity contribution is 0.131. The van der Waals surface area contributed by atoms with Crippen molar-refractivity contribution in [3.8, 4) is 5.75 Å². The third-order valence-corrected chi connectivity index (χ3v) is 4.92. The summed E-state index contributed by atoms with van der Waals surface area (Å²) < 4.78 is 6.42. The smallest absolute Gasteiger partial charge is 0.127 e. The summed E-state index contributed by atoms with van der Waals surface area (Å²) >= 11 is 3.50. The Morgan fingerprint density at radius 3 is 2.48 bits per heavy atom. The van der Waals surface area contributed by atoms with Crippen molar-refractivity contribution < 1.29 is 4.74 Å². The summed E-state index contributed by atoms with van der Waals surface area (Å²) in [4.78, 5) is 2.48. The molecule has 3 rings (SSSR count). The molecule has 5 heteroatoms. The zero-order chi connectivity index (χ0) is 17.6. The summed E-state index contributed by atoms with van der Waals surface area (Å²) in [6, 6.07) is 14.8. The molecule has 0 atom stereocenters. The van der Waals surface area contributed by atoms with Crippen molar-refractivity contribution in [1.29, 1.82) is 0 Å². The molecule has 0 aromatic heterocycles. The van der Waals surface area contributed by atoms with Gasteiger partial charge in [0.25, 0.3) is 0 Å². The number of piperazine rings is 1. The molecule has 0 bridgehead atoms. The molecule has 0 amide bonds. The fraction of sp³-hybridized carbons (Fsp3) is 0.350. The first kappa shape index (κ1) is 18.0. The van der Waals surface area contributed by atoms with Crippen molar-refractivity contribution >= 4 is 22.1 Å². The second-order valence-electron chi connectivity index (χ2n) is 6.35. The minimum Gasteiger partial charge on any atom is -0.496 e. The first-order valence-electron chi connectivity index (χ1n) is 8.54. The molecule has 1 heterocycles. The normalized spacial score (nSPS) is 15.7. The van der Waals surface area contributed by atoms with Crippen LogP contribution in [0.25, 0.3) is 0 Å². The van der Waals surface area contributed by atoms with Crippen LogP contribution in [0.2, 0.25) is 0 Å².